The summed E-state index contributed by atoms with van der Waals surface area (Å²) in [7, 11) is 1.48. The number of hydrogen-bond acceptors (Lipinski definition) is 4. The molecule has 0 aromatic heterocycles. The average molecular weight is 275 g/mol. The monoisotopic (exact) mass is 275 g/mol. The Balaban J connectivity index is 2.46. The standard InChI is InChI=1S/C15H17NO4/c1-9(2)8-16-14(18)12(13(17)15(16)19)10-6-4-5-7-11(10)20-3/h4-7,9,17H,8H2,1-3H3. The second-order valence-corrected chi connectivity index (χ2v) is 5.04. The Kier molecular flexibility index (Phi) is 3.79. The van der Waals surface area contributed by atoms with Crippen LogP contribution in [0, 0.1) is 5.92 Å². The molecule has 5 heteroatoms. The van der Waals surface area contributed by atoms with Crippen LogP contribution in [0.4, 0.5) is 0 Å². The van der Waals surface area contributed by atoms with Gasteiger partial charge < -0.3 is 9.84 Å². The van der Waals surface area contributed by atoms with Gasteiger partial charge in [-0.3, -0.25) is 14.5 Å². The maximum Gasteiger partial charge on any atom is 0.296 e. The van der Waals surface area contributed by atoms with E-state index < -0.39 is 17.6 Å². The lowest BCUT2D eigenvalue weighted by atomic mass is 10.0. The minimum absolute atomic E-state index is 0.00750. The number of methoxy groups -OCH3 is 1. The summed E-state index contributed by atoms with van der Waals surface area (Å²) >= 11 is 0. The molecule has 0 aliphatic carbocycles. The largest absolute Gasteiger partial charge is 0.502 e. The highest BCUT2D eigenvalue weighted by Gasteiger charge is 2.40. The first kappa shape index (κ1) is 14.1. The molecule has 1 aliphatic heterocycles. The van der Waals surface area contributed by atoms with E-state index >= 15 is 0 Å². The van der Waals surface area contributed by atoms with Gasteiger partial charge in [-0.1, -0.05) is 32.0 Å². The Labute approximate surface area is 117 Å². The minimum atomic E-state index is -0.649. The van der Waals surface area contributed by atoms with E-state index in [-0.39, 0.29) is 18.0 Å². The highest BCUT2D eigenvalue weighted by molar-refractivity contribution is 6.35. The zero-order valence-electron chi connectivity index (χ0n) is 11.7. The number of carbonyl (C=O) groups is 2. The zero-order chi connectivity index (χ0) is 14.9. The number of nitrogens with zero attached hydrogens (tertiary/aromatic N) is 1. The van der Waals surface area contributed by atoms with E-state index in [4.69, 9.17) is 4.74 Å². The molecule has 1 N–H and O–H groups in total. The summed E-state index contributed by atoms with van der Waals surface area (Å²) in [4.78, 5) is 25.4. The summed E-state index contributed by atoms with van der Waals surface area (Å²) in [6, 6.07) is 6.81. The number of rotatable bonds is 4. The number of aliphatic hydroxyl groups excluding tert-OH is 1. The van der Waals surface area contributed by atoms with E-state index in [1.807, 2.05) is 13.8 Å². The smallest absolute Gasteiger partial charge is 0.296 e. The molecule has 0 saturated heterocycles. The zero-order valence-corrected chi connectivity index (χ0v) is 11.7. The minimum Gasteiger partial charge on any atom is -0.502 e. The van der Waals surface area contributed by atoms with E-state index in [2.05, 4.69) is 0 Å². The third-order valence-corrected chi connectivity index (χ3v) is 3.07. The molecule has 0 spiro atoms. The average Bonchev–Trinajstić information content (AvgIpc) is 2.62. The summed E-state index contributed by atoms with van der Waals surface area (Å²) in [6.07, 6.45) is 0. The third kappa shape index (κ3) is 2.27. The van der Waals surface area contributed by atoms with E-state index in [1.54, 1.807) is 24.3 Å². The fourth-order valence-electron chi connectivity index (χ4n) is 2.19. The van der Waals surface area contributed by atoms with Gasteiger partial charge in [-0.05, 0) is 12.0 Å². The van der Waals surface area contributed by atoms with E-state index in [1.165, 1.54) is 7.11 Å². The molecule has 20 heavy (non-hydrogen) atoms. The number of hydrogen-bond donors (Lipinski definition) is 1. The quantitative estimate of drug-likeness (QED) is 0.853. The van der Waals surface area contributed by atoms with Gasteiger partial charge in [-0.15, -0.1) is 0 Å². The second-order valence-electron chi connectivity index (χ2n) is 5.04. The van der Waals surface area contributed by atoms with Crippen molar-refractivity contribution in [3.05, 3.63) is 35.6 Å². The Morgan fingerprint density at radius 3 is 2.45 bits per heavy atom. The van der Waals surface area contributed by atoms with Crippen molar-refractivity contribution in [2.45, 2.75) is 13.8 Å². The van der Waals surface area contributed by atoms with Crippen LogP contribution >= 0.6 is 0 Å². The number of amides is 2. The van der Waals surface area contributed by atoms with Gasteiger partial charge >= 0.3 is 0 Å². The second kappa shape index (κ2) is 5.36. The molecule has 0 radical (unpaired) electrons. The molecule has 0 unspecified atom stereocenters. The normalized spacial score (nSPS) is 15.5. The summed E-state index contributed by atoms with van der Waals surface area (Å²) in [6.45, 7) is 4.08. The van der Waals surface area contributed by atoms with Crippen molar-refractivity contribution in [1.29, 1.82) is 0 Å². The SMILES string of the molecule is COc1ccccc1C1=C(O)C(=O)N(CC(C)C)C1=O. The van der Waals surface area contributed by atoms with E-state index in [0.717, 1.165) is 4.90 Å². The van der Waals surface area contributed by atoms with E-state index in [9.17, 15) is 14.7 Å². The molecule has 0 saturated carbocycles. The molecule has 0 bridgehead atoms. The van der Waals surface area contributed by atoms with Gasteiger partial charge in [0.2, 0.25) is 0 Å². The van der Waals surface area contributed by atoms with Crippen LogP contribution in [-0.2, 0) is 9.59 Å². The number of imide groups is 1. The Hall–Kier alpha value is -2.30. The first-order valence-corrected chi connectivity index (χ1v) is 6.40. The highest BCUT2D eigenvalue weighted by atomic mass is 16.5. The van der Waals surface area contributed by atoms with Gasteiger partial charge in [-0.2, -0.15) is 0 Å². The lowest BCUT2D eigenvalue weighted by Crippen LogP contribution is -2.34. The summed E-state index contributed by atoms with van der Waals surface area (Å²) in [5.74, 6) is -1.07. The molecule has 1 aliphatic rings. The van der Waals surface area contributed by atoms with Crippen molar-refractivity contribution in [3.63, 3.8) is 0 Å². The van der Waals surface area contributed by atoms with E-state index in [0.29, 0.717) is 11.3 Å². The topological polar surface area (TPSA) is 66.8 Å². The Bertz CT molecular complexity index is 589. The number of carbonyl (C=O) groups excluding carboxylic acids is 2. The van der Waals surface area contributed by atoms with Gasteiger partial charge in [-0.25, -0.2) is 0 Å². The summed E-state index contributed by atoms with van der Waals surface area (Å²) in [5.41, 5.74) is 0.435. The van der Waals surface area contributed by atoms with Crippen molar-refractivity contribution in [2.75, 3.05) is 13.7 Å². The lowest BCUT2D eigenvalue weighted by molar-refractivity contribution is -0.138. The first-order chi connectivity index (χ1) is 9.47. The van der Waals surface area contributed by atoms with Crippen molar-refractivity contribution in [2.24, 2.45) is 5.92 Å². The molecular formula is C15H17NO4. The Morgan fingerprint density at radius 1 is 1.20 bits per heavy atom. The van der Waals surface area contributed by atoms with Crippen LogP contribution in [0.3, 0.4) is 0 Å². The maximum atomic E-state index is 12.4. The fraction of sp³-hybridized carbons (Fsp3) is 0.333. The molecule has 0 fully saturated rings. The van der Waals surface area contributed by atoms with Crippen LogP contribution in [0.1, 0.15) is 19.4 Å². The summed E-state index contributed by atoms with van der Waals surface area (Å²) in [5, 5.41) is 10.00. The van der Waals surface area contributed by atoms with Crippen LogP contribution in [0.15, 0.2) is 30.0 Å². The Morgan fingerprint density at radius 2 is 1.85 bits per heavy atom. The van der Waals surface area contributed by atoms with Gasteiger partial charge in [0, 0.05) is 12.1 Å². The van der Waals surface area contributed by atoms with Gasteiger partial charge in [0.25, 0.3) is 11.8 Å². The molecule has 1 heterocycles. The molecule has 1 aromatic rings. The van der Waals surface area contributed by atoms with Crippen molar-refractivity contribution in [1.82, 2.24) is 4.90 Å². The van der Waals surface area contributed by atoms with Crippen molar-refractivity contribution >= 4 is 17.4 Å². The van der Waals surface area contributed by atoms with Crippen LogP contribution in [0.5, 0.6) is 5.75 Å². The third-order valence-electron chi connectivity index (χ3n) is 3.07. The predicted molar refractivity (Wildman–Crippen MR) is 74.1 cm³/mol. The first-order valence-electron chi connectivity index (χ1n) is 6.40. The summed E-state index contributed by atoms with van der Waals surface area (Å²) < 4.78 is 5.18. The molecular weight excluding hydrogens is 258 g/mol. The lowest BCUT2D eigenvalue weighted by Gasteiger charge is -2.16. The molecule has 5 nitrogen and oxygen atoms in total. The molecule has 1 aromatic carbocycles. The molecule has 106 valence electrons. The van der Waals surface area contributed by atoms with Gasteiger partial charge in [0.15, 0.2) is 5.76 Å². The molecule has 0 atom stereocenters. The number of ether oxygens (including phenoxy) is 1. The van der Waals surface area contributed by atoms with Crippen LogP contribution in [-0.4, -0.2) is 35.5 Å². The number of para-hydroxylation sites is 1. The number of aliphatic hydroxyl groups is 1. The fourth-order valence-corrected chi connectivity index (χ4v) is 2.19. The van der Waals surface area contributed by atoms with Crippen molar-refractivity contribution < 1.29 is 19.4 Å². The highest BCUT2D eigenvalue weighted by Crippen LogP contribution is 2.33. The van der Waals surface area contributed by atoms with Gasteiger partial charge in [0.1, 0.15) is 5.75 Å². The van der Waals surface area contributed by atoms with Crippen molar-refractivity contribution in [3.8, 4) is 5.75 Å². The molecule has 2 amide bonds. The van der Waals surface area contributed by atoms with Crippen LogP contribution in [0.25, 0.3) is 5.57 Å². The van der Waals surface area contributed by atoms with Crippen LogP contribution < -0.4 is 4.74 Å². The molecule has 2 rings (SSSR count). The van der Waals surface area contributed by atoms with Crippen LogP contribution in [0.2, 0.25) is 0 Å². The number of benzene rings is 1. The maximum absolute atomic E-state index is 12.4. The predicted octanol–water partition coefficient (Wildman–Crippen LogP) is 1.99. The van der Waals surface area contributed by atoms with Gasteiger partial charge in [0.05, 0.1) is 12.7 Å².